The Morgan fingerprint density at radius 2 is 1.34 bits per heavy atom. The Balaban J connectivity index is 1.38. The van der Waals surface area contributed by atoms with E-state index in [2.05, 4.69) is 31.9 Å². The summed E-state index contributed by atoms with van der Waals surface area (Å²) in [5.41, 5.74) is 7.36. The molecule has 2 heterocycles. The highest BCUT2D eigenvalue weighted by Gasteiger charge is 2.44. The first-order valence-electron chi connectivity index (χ1n) is 32.8. The van der Waals surface area contributed by atoms with E-state index in [1.807, 2.05) is 71.7 Å². The number of carbonyl (C=O) groups is 11. The number of likely N-dealkylation sites (N-methyl/N-ethyl adjacent to an activating group) is 2. The fraction of sp³-hybridized carbons (Fsp3) is 0.632. The normalized spacial score (nSPS) is 17.2. The molecule has 25 nitrogen and oxygen atoms in total. The fourth-order valence-corrected chi connectivity index (χ4v) is 12.3. The van der Waals surface area contributed by atoms with Gasteiger partial charge in [-0.25, -0.2) is 9.59 Å². The second-order valence-electron chi connectivity index (χ2n) is 25.8. The van der Waals surface area contributed by atoms with Crippen molar-refractivity contribution in [3.05, 3.63) is 77.9 Å². The van der Waals surface area contributed by atoms with Crippen LogP contribution in [-0.4, -0.2) is 199 Å². The molecule has 0 bridgehead atoms. The Hall–Kier alpha value is -7.77. The Kier molecular flexibility index (Phi) is 32.1. The first-order valence-corrected chi connectivity index (χ1v) is 32.8. The molecule has 2 aliphatic heterocycles. The minimum Gasteiger partial charge on any atom is -0.480 e. The third-order valence-corrected chi connectivity index (χ3v) is 17.8. The summed E-state index contributed by atoms with van der Waals surface area (Å²) in [7, 11) is 6.51. The molecule has 0 spiro atoms. The Labute approximate surface area is 549 Å². The van der Waals surface area contributed by atoms with Crippen LogP contribution in [0.25, 0.3) is 0 Å². The van der Waals surface area contributed by atoms with E-state index in [0.717, 1.165) is 16.0 Å². The number of amides is 11. The van der Waals surface area contributed by atoms with E-state index in [-0.39, 0.29) is 104 Å². The summed E-state index contributed by atoms with van der Waals surface area (Å²) in [6.07, 6.45) is 5.36. The number of nitrogens with zero attached hydrogens (tertiary/aromatic N) is 4. The zero-order valence-corrected chi connectivity index (χ0v) is 56.9. The summed E-state index contributed by atoms with van der Waals surface area (Å²) in [6, 6.07) is 9.55. The maximum absolute atomic E-state index is 14.9. The van der Waals surface area contributed by atoms with E-state index < -0.39 is 90.1 Å². The van der Waals surface area contributed by atoms with Gasteiger partial charge >= 0.3 is 12.0 Å². The Morgan fingerprint density at radius 1 is 0.710 bits per heavy atom. The summed E-state index contributed by atoms with van der Waals surface area (Å²) < 4.78 is 12.0. The molecule has 25 heteroatoms. The van der Waals surface area contributed by atoms with E-state index in [0.29, 0.717) is 63.7 Å². The number of urea groups is 1. The number of anilines is 1. The number of nitrogens with two attached hydrogens (primary N) is 1. The maximum Gasteiger partial charge on any atom is 0.326 e. The van der Waals surface area contributed by atoms with Gasteiger partial charge in [-0.05, 0) is 98.9 Å². The number of methoxy groups -OCH3 is 2. The molecule has 1 fully saturated rings. The lowest BCUT2D eigenvalue weighted by atomic mass is 9.89. The molecule has 0 radical (unpaired) electrons. The van der Waals surface area contributed by atoms with Crippen molar-refractivity contribution >= 4 is 70.9 Å². The lowest BCUT2D eigenvalue weighted by Crippen LogP contribution is -2.60. The van der Waals surface area contributed by atoms with Gasteiger partial charge in [0.15, 0.2) is 0 Å². The van der Waals surface area contributed by atoms with Crippen LogP contribution < -0.4 is 37.6 Å². The molecule has 11 atom stereocenters. The van der Waals surface area contributed by atoms with Gasteiger partial charge in [-0.3, -0.25) is 53.0 Å². The van der Waals surface area contributed by atoms with Gasteiger partial charge in [-0.15, -0.1) is 0 Å². The van der Waals surface area contributed by atoms with Crippen molar-refractivity contribution in [3.8, 4) is 0 Å². The van der Waals surface area contributed by atoms with Crippen LogP contribution >= 0.6 is 0 Å². The largest absolute Gasteiger partial charge is 0.480 e. The molecule has 0 aromatic heterocycles. The average Bonchev–Trinajstić information content (AvgIpc) is 1.83. The molecule has 1 saturated heterocycles. The number of hydrogen-bond acceptors (Lipinski definition) is 14. The van der Waals surface area contributed by atoms with E-state index >= 15 is 0 Å². The number of imide groups is 1. The molecule has 0 aliphatic carbocycles. The molecule has 93 heavy (non-hydrogen) atoms. The smallest absolute Gasteiger partial charge is 0.326 e. The average molecular weight is 1300 g/mol. The van der Waals surface area contributed by atoms with Crippen molar-refractivity contribution < 1.29 is 67.3 Å². The summed E-state index contributed by atoms with van der Waals surface area (Å²) in [5.74, 6) is -6.62. The van der Waals surface area contributed by atoms with Crippen molar-refractivity contribution in [2.24, 2.45) is 35.3 Å². The number of primary amides is 1. The minimum absolute atomic E-state index is 0.0900. The van der Waals surface area contributed by atoms with Crippen molar-refractivity contribution in [1.29, 1.82) is 0 Å². The number of ether oxygens (including phenoxy) is 2. The third-order valence-electron chi connectivity index (χ3n) is 17.8. The van der Waals surface area contributed by atoms with E-state index in [1.54, 1.807) is 74.0 Å². The van der Waals surface area contributed by atoms with Crippen molar-refractivity contribution in [3.63, 3.8) is 0 Å². The van der Waals surface area contributed by atoms with E-state index in [9.17, 15) is 57.8 Å². The summed E-state index contributed by atoms with van der Waals surface area (Å²) >= 11 is 0. The third kappa shape index (κ3) is 23.6. The van der Waals surface area contributed by atoms with Gasteiger partial charge in [-0.2, -0.15) is 0 Å². The molecule has 11 amide bonds. The lowest BCUT2D eigenvalue weighted by molar-refractivity contribution is -0.148. The number of benzene rings is 2. The predicted molar refractivity (Wildman–Crippen MR) is 352 cm³/mol. The molecule has 2 aliphatic rings. The molecular formula is C68H105N11O14. The summed E-state index contributed by atoms with van der Waals surface area (Å²) in [5, 5.41) is 26.8. The second kappa shape index (κ2) is 38.4. The van der Waals surface area contributed by atoms with Crippen LogP contribution in [0.2, 0.25) is 0 Å². The standard InChI is InChI=1S/C68H105N11O14/c1-14-44(8)60(52(92-12)40-56(83)78-37-22-26-51(78)61(93-13)45(9)62(84)73-50(67(89)90)39-47-23-17-15-18-24-47)77(11)66(88)58(42(4)5)75-65(87)59(43(6)7)76(10)38-34-46-28-30-48(31-29-46)71-63(85)49(25-21-35-70-68(69)91)72-64(86)57(41(2)3)74-53(80)27-19-16-20-36-79-54(81)32-33-55(79)82/h15,17-18,23-24,28-33,41-45,49-52,57-61H,14,16,19-22,25-27,34-40H2,1-13H3,(H,71,85)(H,72,86)(H,73,84)(H,74,80)(H,75,87)(H,89,90)(H3,69,70,91)/t44-,45+,49-,50-,51-,52+,57-,58-,59?,60?,61+/m0/s1. The molecule has 9 N–H and O–H groups in total. The van der Waals surface area contributed by atoms with Gasteiger partial charge in [0.25, 0.3) is 11.8 Å². The monoisotopic (exact) mass is 1300 g/mol. The predicted octanol–water partition coefficient (Wildman–Crippen LogP) is 4.56. The van der Waals surface area contributed by atoms with Crippen LogP contribution in [-0.2, 0) is 70.3 Å². The van der Waals surface area contributed by atoms with Crippen LogP contribution in [0.5, 0.6) is 0 Å². The van der Waals surface area contributed by atoms with Crippen LogP contribution in [0.4, 0.5) is 10.5 Å². The quantitative estimate of drug-likeness (QED) is 0.0335. The molecule has 0 saturated carbocycles. The first kappa shape index (κ1) is 77.7. The molecule has 2 unspecified atom stereocenters. The van der Waals surface area contributed by atoms with Gasteiger partial charge in [0, 0.05) is 78.1 Å². The number of nitrogens with one attached hydrogen (secondary N) is 6. The van der Waals surface area contributed by atoms with Gasteiger partial charge in [0.1, 0.15) is 24.2 Å². The SMILES string of the molecule is CC[C@H](C)C([C@@H](CC(=O)N1CCC[C@H]1[C@H](OC)[C@@H](C)C(=O)N[C@@H](Cc1ccccc1)C(=O)O)OC)N(C)C(=O)[C@@H](NC(=O)C(C(C)C)N(C)CCc1ccc(NC(=O)[C@H](CCCNC(N)=O)NC(=O)[C@@H](NC(=O)CCCCCN2C(=O)C=CC2=O)C(C)C)cc1)C(C)C. The zero-order chi connectivity index (χ0) is 69.2. The van der Waals surface area contributed by atoms with Crippen LogP contribution in [0, 0.1) is 29.6 Å². The molecule has 4 rings (SSSR count). The van der Waals surface area contributed by atoms with Crippen molar-refractivity contribution in [1.82, 2.24) is 46.2 Å². The minimum atomic E-state index is -1.18. The second-order valence-corrected chi connectivity index (χ2v) is 25.8. The van der Waals surface area contributed by atoms with Crippen LogP contribution in [0.15, 0.2) is 66.7 Å². The highest BCUT2D eigenvalue weighted by atomic mass is 16.5. The lowest BCUT2D eigenvalue weighted by Gasteiger charge is -2.41. The van der Waals surface area contributed by atoms with Gasteiger partial charge in [0.05, 0.1) is 42.7 Å². The number of carbonyl (C=O) groups excluding carboxylic acids is 10. The number of carboxylic acids is 1. The summed E-state index contributed by atoms with van der Waals surface area (Å²) in [6.45, 7) is 18.0. The zero-order valence-electron chi connectivity index (χ0n) is 56.9. The fourth-order valence-electron chi connectivity index (χ4n) is 12.3. The van der Waals surface area contributed by atoms with Gasteiger partial charge < -0.3 is 62.0 Å². The Bertz CT molecular complexity index is 2840. The molecule has 2 aromatic rings. The summed E-state index contributed by atoms with van der Waals surface area (Å²) in [4.78, 5) is 152. The van der Waals surface area contributed by atoms with Crippen LogP contribution in [0.3, 0.4) is 0 Å². The Morgan fingerprint density at radius 3 is 1.91 bits per heavy atom. The highest BCUT2D eigenvalue weighted by molar-refractivity contribution is 6.12. The number of likely N-dealkylation sites (tertiary alicyclic amines) is 1. The van der Waals surface area contributed by atoms with E-state index in [1.165, 1.54) is 26.4 Å². The number of aliphatic carboxylic acids is 1. The van der Waals surface area contributed by atoms with E-state index in [4.69, 9.17) is 15.2 Å². The van der Waals surface area contributed by atoms with Gasteiger partial charge in [-0.1, -0.05) is 118 Å². The van der Waals surface area contributed by atoms with Crippen molar-refractivity contribution in [2.75, 3.05) is 59.8 Å². The van der Waals surface area contributed by atoms with Gasteiger partial charge in [0.2, 0.25) is 41.4 Å². The maximum atomic E-state index is 14.9. The number of carboxylic acid groups (broad SMARTS) is 1. The van der Waals surface area contributed by atoms with Crippen LogP contribution in [0.1, 0.15) is 138 Å². The van der Waals surface area contributed by atoms with Crippen molar-refractivity contribution in [2.45, 2.75) is 194 Å². The number of rotatable bonds is 40. The molecular weight excluding hydrogens is 1190 g/mol. The topological polar surface area (TPSA) is 338 Å². The first-order chi connectivity index (χ1) is 44.0. The number of unbranched alkanes of at least 4 members (excludes halogenated alkanes) is 2. The molecule has 516 valence electrons. The molecule has 2 aromatic carbocycles. The highest BCUT2D eigenvalue weighted by Crippen LogP contribution is 2.30. The number of hydrogen-bond donors (Lipinski definition) is 8.